The van der Waals surface area contributed by atoms with E-state index >= 15 is 0 Å². The van der Waals surface area contributed by atoms with E-state index < -0.39 is 0 Å². The average Bonchev–Trinajstić information content (AvgIpc) is 3.82. The zero-order valence-electron chi connectivity index (χ0n) is 36.1. The average molecular weight is 843 g/mol. The molecule has 66 heavy (non-hydrogen) atoms. The third-order valence-electron chi connectivity index (χ3n) is 13.4. The number of benzene rings is 10. The molecule has 0 N–H and O–H groups in total. The number of para-hydroxylation sites is 4. The van der Waals surface area contributed by atoms with Crippen molar-refractivity contribution < 1.29 is 4.42 Å². The normalized spacial score (nSPS) is 12.4. The molecule has 0 aliphatic heterocycles. The molecule has 1 aliphatic carbocycles. The number of nitrogens with zero attached hydrogens (tertiary/aromatic N) is 2. The summed E-state index contributed by atoms with van der Waals surface area (Å²) < 4.78 is 8.86. The van der Waals surface area contributed by atoms with Crippen molar-refractivity contribution in [3.05, 3.63) is 242 Å². The van der Waals surface area contributed by atoms with Crippen LogP contribution in [0, 0.1) is 0 Å². The molecule has 10 aromatic carbocycles. The van der Waals surface area contributed by atoms with E-state index in [4.69, 9.17) is 4.42 Å². The largest absolute Gasteiger partial charge is 0.455 e. The second kappa shape index (κ2) is 15.5. The van der Waals surface area contributed by atoms with Crippen LogP contribution in [0.5, 0.6) is 0 Å². The summed E-state index contributed by atoms with van der Waals surface area (Å²) in [5.41, 5.74) is 18.1. The number of rotatable bonds is 7. The molecule has 0 saturated heterocycles. The highest BCUT2D eigenvalue weighted by molar-refractivity contribution is 6.13. The van der Waals surface area contributed by atoms with Crippen LogP contribution in [0.2, 0.25) is 0 Å². The molecule has 0 atom stereocenters. The number of hydrogen-bond donors (Lipinski definition) is 0. The zero-order chi connectivity index (χ0) is 43.6. The first-order valence-corrected chi connectivity index (χ1v) is 22.7. The number of furan rings is 1. The fraction of sp³-hybridized carbons (Fsp3) is 0.0159. The first-order chi connectivity index (χ1) is 32.7. The van der Waals surface area contributed by atoms with Crippen molar-refractivity contribution in [2.75, 3.05) is 4.90 Å². The van der Waals surface area contributed by atoms with Crippen molar-refractivity contribution in [2.45, 2.75) is 6.42 Å². The number of anilines is 3. The molecule has 3 nitrogen and oxygen atoms in total. The smallest absolute Gasteiger partial charge is 0.143 e. The van der Waals surface area contributed by atoms with Crippen molar-refractivity contribution in [1.29, 1.82) is 0 Å². The second-order valence-electron chi connectivity index (χ2n) is 17.2. The molecule has 0 unspecified atom stereocenters. The first kappa shape index (κ1) is 37.9. The van der Waals surface area contributed by atoms with Gasteiger partial charge < -0.3 is 13.9 Å². The fourth-order valence-corrected chi connectivity index (χ4v) is 10.2. The lowest BCUT2D eigenvalue weighted by Crippen LogP contribution is -2.10. The molecule has 0 bridgehead atoms. The molecule has 1 aliphatic rings. The molecule has 2 aromatic heterocycles. The van der Waals surface area contributed by atoms with Crippen LogP contribution in [0.15, 0.2) is 235 Å². The molecule has 2 heterocycles. The molecule has 0 radical (unpaired) electrons. The van der Waals surface area contributed by atoms with Gasteiger partial charge in [-0.3, -0.25) is 0 Å². The summed E-state index contributed by atoms with van der Waals surface area (Å²) >= 11 is 0. The van der Waals surface area contributed by atoms with Gasteiger partial charge in [0.15, 0.2) is 0 Å². The van der Waals surface area contributed by atoms with Crippen LogP contribution in [-0.4, -0.2) is 4.57 Å². The summed E-state index contributed by atoms with van der Waals surface area (Å²) in [6.45, 7) is 0. The topological polar surface area (TPSA) is 21.3 Å². The molecule has 13 rings (SSSR count). The minimum Gasteiger partial charge on any atom is -0.455 e. The van der Waals surface area contributed by atoms with E-state index in [9.17, 15) is 0 Å². The van der Waals surface area contributed by atoms with E-state index in [0.29, 0.717) is 0 Å². The van der Waals surface area contributed by atoms with Crippen molar-refractivity contribution in [3.8, 4) is 39.1 Å². The number of hydrogen-bond acceptors (Lipinski definition) is 2. The molecule has 0 saturated carbocycles. The van der Waals surface area contributed by atoms with Gasteiger partial charge in [0, 0.05) is 49.6 Å². The highest BCUT2D eigenvalue weighted by Crippen LogP contribution is 2.45. The zero-order valence-corrected chi connectivity index (χ0v) is 36.1. The third kappa shape index (κ3) is 6.28. The summed E-state index contributed by atoms with van der Waals surface area (Å²) in [5.74, 6) is 0. The van der Waals surface area contributed by atoms with Crippen LogP contribution in [-0.2, 0) is 0 Å². The van der Waals surface area contributed by atoms with Gasteiger partial charge in [0.05, 0.1) is 16.7 Å². The quantitative estimate of drug-likeness (QED) is 0.159. The van der Waals surface area contributed by atoms with E-state index in [1.165, 1.54) is 66.0 Å². The minimum absolute atomic E-state index is 0.902. The van der Waals surface area contributed by atoms with Gasteiger partial charge in [-0.1, -0.05) is 170 Å². The first-order valence-electron chi connectivity index (χ1n) is 22.7. The maximum absolute atomic E-state index is 6.48. The third-order valence-corrected chi connectivity index (χ3v) is 13.4. The summed E-state index contributed by atoms with van der Waals surface area (Å²) in [7, 11) is 0. The monoisotopic (exact) mass is 842 g/mol. The Morgan fingerprint density at radius 3 is 1.83 bits per heavy atom. The molecule has 12 aromatic rings. The Morgan fingerprint density at radius 2 is 1.02 bits per heavy atom. The van der Waals surface area contributed by atoms with Crippen molar-refractivity contribution in [1.82, 2.24) is 4.57 Å². The standard InChI is InChI=1S/C63H42N2O/c1-3-14-42-26-27-46(40-45(42)15-4-1)43-28-33-49(34-29-43)64(50-35-30-44(31-36-50)52-22-13-23-57-56-21-10-12-25-62(56)66-63(52)57)60-39-37-51(53-18-7-8-19-54(53)60)47-32-38-61-58(41-47)55-20-9-11-24-59(55)65(61)48-16-5-2-6-17-48/h2-41H,1H2. The fourth-order valence-electron chi connectivity index (χ4n) is 10.2. The highest BCUT2D eigenvalue weighted by Gasteiger charge is 2.20. The SMILES string of the molecule is C1=Cc2ccc(-c3ccc(N(c4ccc(-c5cccc6c5oc5ccccc56)cc4)c4ccc(-c5ccc6c(c5)c5ccccc5n6-c5ccccc5)c5ccccc45)cc3)cc2C=CC1. The van der Waals surface area contributed by atoms with Gasteiger partial charge in [-0.15, -0.1) is 0 Å². The van der Waals surface area contributed by atoms with Crippen LogP contribution >= 0.6 is 0 Å². The predicted molar refractivity (Wildman–Crippen MR) is 279 cm³/mol. The van der Waals surface area contributed by atoms with Crippen molar-refractivity contribution >= 4 is 83.7 Å². The number of fused-ring (bicyclic) bond motifs is 8. The Balaban J connectivity index is 0.948. The van der Waals surface area contributed by atoms with E-state index in [1.54, 1.807) is 0 Å². The predicted octanol–water partition coefficient (Wildman–Crippen LogP) is 17.7. The maximum Gasteiger partial charge on any atom is 0.143 e. The van der Waals surface area contributed by atoms with Crippen LogP contribution in [0.1, 0.15) is 17.5 Å². The van der Waals surface area contributed by atoms with Crippen LogP contribution in [0.25, 0.3) is 106 Å². The van der Waals surface area contributed by atoms with E-state index in [-0.39, 0.29) is 0 Å². The summed E-state index contributed by atoms with van der Waals surface area (Å²) in [6.07, 6.45) is 9.87. The minimum atomic E-state index is 0.902. The van der Waals surface area contributed by atoms with Gasteiger partial charge in [-0.2, -0.15) is 0 Å². The molecule has 0 amide bonds. The maximum atomic E-state index is 6.48. The van der Waals surface area contributed by atoms with E-state index in [1.807, 2.05) is 12.1 Å². The van der Waals surface area contributed by atoms with Crippen LogP contribution in [0.4, 0.5) is 17.1 Å². The number of aromatic nitrogens is 1. The van der Waals surface area contributed by atoms with Crippen molar-refractivity contribution in [2.24, 2.45) is 0 Å². The molecular formula is C63H42N2O. The second-order valence-corrected chi connectivity index (χ2v) is 17.2. The Kier molecular flexibility index (Phi) is 8.92. The summed E-state index contributed by atoms with van der Waals surface area (Å²) in [6, 6.07) is 79.3. The molecule has 310 valence electrons. The van der Waals surface area contributed by atoms with Crippen molar-refractivity contribution in [3.63, 3.8) is 0 Å². The van der Waals surface area contributed by atoms with Gasteiger partial charge in [0.1, 0.15) is 11.2 Å². The molecular weight excluding hydrogens is 801 g/mol. The van der Waals surface area contributed by atoms with Gasteiger partial charge >= 0.3 is 0 Å². The Labute approximate surface area is 383 Å². The Bertz CT molecular complexity index is 3890. The number of allylic oxidation sites excluding steroid dienone is 2. The van der Waals surface area contributed by atoms with Gasteiger partial charge in [-0.25, -0.2) is 0 Å². The Morgan fingerprint density at radius 1 is 0.379 bits per heavy atom. The van der Waals surface area contributed by atoms with Gasteiger partial charge in [0.2, 0.25) is 0 Å². The lowest BCUT2D eigenvalue weighted by atomic mass is 9.95. The summed E-state index contributed by atoms with van der Waals surface area (Å²) in [4.78, 5) is 2.41. The lowest BCUT2D eigenvalue weighted by Gasteiger charge is -2.28. The highest BCUT2D eigenvalue weighted by atomic mass is 16.3. The van der Waals surface area contributed by atoms with E-state index in [0.717, 1.165) is 62.2 Å². The van der Waals surface area contributed by atoms with Gasteiger partial charge in [0.25, 0.3) is 0 Å². The van der Waals surface area contributed by atoms with Crippen LogP contribution in [0.3, 0.4) is 0 Å². The van der Waals surface area contributed by atoms with Gasteiger partial charge in [-0.05, 0) is 124 Å². The molecule has 3 heteroatoms. The van der Waals surface area contributed by atoms with E-state index in [2.05, 4.69) is 240 Å². The lowest BCUT2D eigenvalue weighted by molar-refractivity contribution is 0.670. The molecule has 0 fully saturated rings. The molecule has 0 spiro atoms. The summed E-state index contributed by atoms with van der Waals surface area (Å²) in [5, 5.41) is 7.11. The Hall–Kier alpha value is -8.66. The van der Waals surface area contributed by atoms with Crippen LogP contribution < -0.4 is 4.90 Å².